The Morgan fingerprint density at radius 2 is 1.83 bits per heavy atom. The first-order valence-corrected chi connectivity index (χ1v) is 11.9. The summed E-state index contributed by atoms with van der Waals surface area (Å²) in [6.45, 7) is 14.7. The summed E-state index contributed by atoms with van der Waals surface area (Å²) in [5.41, 5.74) is 5.93. The smallest absolute Gasteiger partial charge is 0.408 e. The Labute approximate surface area is 208 Å². The summed E-state index contributed by atoms with van der Waals surface area (Å²) < 4.78 is 5.31. The van der Waals surface area contributed by atoms with Crippen LogP contribution in [0.5, 0.6) is 0 Å². The fourth-order valence-corrected chi connectivity index (χ4v) is 3.49. The van der Waals surface area contributed by atoms with Gasteiger partial charge in [-0.1, -0.05) is 37.8 Å². The van der Waals surface area contributed by atoms with Crippen LogP contribution in [0.1, 0.15) is 78.0 Å². The normalized spacial score (nSPS) is 12.9. The molecule has 1 aromatic carbocycles. The molecular weight excluding hydrogens is 448 g/mol. The van der Waals surface area contributed by atoms with Gasteiger partial charge in [-0.15, -0.1) is 0 Å². The molecule has 0 fully saturated rings. The minimum absolute atomic E-state index is 0.0289. The van der Waals surface area contributed by atoms with Crippen LogP contribution in [0.3, 0.4) is 0 Å². The van der Waals surface area contributed by atoms with Gasteiger partial charge in [-0.05, 0) is 64.7 Å². The van der Waals surface area contributed by atoms with E-state index in [-0.39, 0.29) is 31.3 Å². The van der Waals surface area contributed by atoms with E-state index in [2.05, 4.69) is 17.2 Å². The van der Waals surface area contributed by atoms with Crippen molar-refractivity contribution >= 4 is 29.9 Å². The van der Waals surface area contributed by atoms with Crippen LogP contribution in [-0.4, -0.2) is 52.9 Å². The molecule has 0 saturated carbocycles. The first-order chi connectivity index (χ1) is 16.3. The van der Waals surface area contributed by atoms with Crippen LogP contribution < -0.4 is 16.4 Å². The topological polar surface area (TPSA) is 131 Å². The van der Waals surface area contributed by atoms with Crippen LogP contribution >= 0.6 is 0 Å². The number of rotatable bonds is 12. The lowest BCUT2D eigenvalue weighted by atomic mass is 9.99. The number of carbonyl (C=O) groups is 4. The van der Waals surface area contributed by atoms with Gasteiger partial charge in [-0.25, -0.2) is 4.79 Å². The molecule has 4 N–H and O–H groups in total. The van der Waals surface area contributed by atoms with E-state index in [0.717, 1.165) is 5.56 Å². The van der Waals surface area contributed by atoms with Gasteiger partial charge in [0.15, 0.2) is 0 Å². The summed E-state index contributed by atoms with van der Waals surface area (Å²) in [7, 11) is 0. The standard InChI is InChI=1S/C26H40N4O5/c1-8-15-30(22(23(32)28-17(3)4)19-12-10-11-18(9-2)16-19)24(33)20(13-14-21(27)31)29-25(34)35-26(5,6)7/h9-12,16-17,20,22H,2,8,13-15H2,1,3-7H3,(H2,27,31)(H,28,32)(H,29,34). The molecular formula is C26H40N4O5. The van der Waals surface area contributed by atoms with Crippen LogP contribution in [0, 0.1) is 0 Å². The lowest BCUT2D eigenvalue weighted by Crippen LogP contribution is -2.53. The highest BCUT2D eigenvalue weighted by Crippen LogP contribution is 2.25. The highest BCUT2D eigenvalue weighted by Gasteiger charge is 2.36. The number of nitrogens with two attached hydrogens (primary N) is 1. The predicted octanol–water partition coefficient (Wildman–Crippen LogP) is 3.29. The number of ether oxygens (including phenoxy) is 1. The molecule has 0 saturated heterocycles. The summed E-state index contributed by atoms with van der Waals surface area (Å²) in [6.07, 6.45) is 1.27. The molecule has 2 atom stereocenters. The number of nitrogens with one attached hydrogen (secondary N) is 2. The molecule has 35 heavy (non-hydrogen) atoms. The van der Waals surface area contributed by atoms with Gasteiger partial charge in [-0.2, -0.15) is 0 Å². The van der Waals surface area contributed by atoms with Gasteiger partial charge in [0.25, 0.3) is 0 Å². The number of hydrogen-bond acceptors (Lipinski definition) is 5. The molecule has 0 aliphatic carbocycles. The van der Waals surface area contributed by atoms with Crippen LogP contribution in [0.15, 0.2) is 30.8 Å². The maximum absolute atomic E-state index is 13.8. The summed E-state index contributed by atoms with van der Waals surface area (Å²) in [5.74, 6) is -1.47. The second-order valence-corrected chi connectivity index (χ2v) is 9.68. The first kappa shape index (κ1) is 29.7. The van der Waals surface area contributed by atoms with Gasteiger partial charge in [-0.3, -0.25) is 14.4 Å². The number of carbonyl (C=O) groups excluding carboxylic acids is 4. The highest BCUT2D eigenvalue weighted by molar-refractivity contribution is 5.92. The molecule has 0 aliphatic heterocycles. The van der Waals surface area contributed by atoms with Crippen LogP contribution in [-0.2, 0) is 19.1 Å². The van der Waals surface area contributed by atoms with E-state index in [1.54, 1.807) is 45.0 Å². The highest BCUT2D eigenvalue weighted by atomic mass is 16.6. The van der Waals surface area contributed by atoms with Gasteiger partial charge < -0.3 is 26.0 Å². The van der Waals surface area contributed by atoms with E-state index >= 15 is 0 Å². The molecule has 0 aliphatic rings. The Kier molecular flexibility index (Phi) is 11.5. The summed E-state index contributed by atoms with van der Waals surface area (Å²) >= 11 is 0. The number of nitrogens with zero attached hydrogens (tertiary/aromatic N) is 1. The lowest BCUT2D eigenvalue weighted by Gasteiger charge is -2.34. The predicted molar refractivity (Wildman–Crippen MR) is 136 cm³/mol. The zero-order valence-corrected chi connectivity index (χ0v) is 21.7. The Morgan fingerprint density at radius 1 is 1.17 bits per heavy atom. The van der Waals surface area contributed by atoms with E-state index in [1.807, 2.05) is 26.8 Å². The molecule has 0 radical (unpaired) electrons. The van der Waals surface area contributed by atoms with Crippen molar-refractivity contribution < 1.29 is 23.9 Å². The Balaban J connectivity index is 3.47. The van der Waals surface area contributed by atoms with Crippen molar-refractivity contribution in [2.75, 3.05) is 6.54 Å². The number of amides is 4. The van der Waals surface area contributed by atoms with Crippen LogP contribution in [0.25, 0.3) is 6.08 Å². The average Bonchev–Trinajstić information content (AvgIpc) is 2.74. The van der Waals surface area contributed by atoms with E-state index in [9.17, 15) is 19.2 Å². The van der Waals surface area contributed by atoms with Gasteiger partial charge in [0.2, 0.25) is 17.7 Å². The molecule has 0 aromatic heterocycles. The minimum atomic E-state index is -1.11. The maximum atomic E-state index is 13.8. The molecule has 0 heterocycles. The lowest BCUT2D eigenvalue weighted by molar-refractivity contribution is -0.143. The number of primary amides is 1. The Hall–Kier alpha value is -3.36. The summed E-state index contributed by atoms with van der Waals surface area (Å²) in [6, 6.07) is 4.99. The third-order valence-electron chi connectivity index (χ3n) is 4.87. The first-order valence-electron chi connectivity index (χ1n) is 11.9. The van der Waals surface area contributed by atoms with E-state index < -0.39 is 35.6 Å². The number of benzene rings is 1. The van der Waals surface area contributed by atoms with Gasteiger partial charge in [0.05, 0.1) is 0 Å². The van der Waals surface area contributed by atoms with Crippen molar-refractivity contribution in [3.63, 3.8) is 0 Å². The minimum Gasteiger partial charge on any atom is -0.444 e. The van der Waals surface area contributed by atoms with Crippen LogP contribution in [0.4, 0.5) is 4.79 Å². The van der Waals surface area contributed by atoms with Crippen molar-refractivity contribution in [3.8, 4) is 0 Å². The third-order valence-corrected chi connectivity index (χ3v) is 4.87. The molecule has 9 nitrogen and oxygen atoms in total. The molecule has 9 heteroatoms. The van der Waals surface area contributed by atoms with Gasteiger partial charge >= 0.3 is 6.09 Å². The molecule has 0 bridgehead atoms. The fourth-order valence-electron chi connectivity index (χ4n) is 3.49. The van der Waals surface area contributed by atoms with E-state index in [1.165, 1.54) is 4.90 Å². The van der Waals surface area contributed by atoms with Crippen molar-refractivity contribution in [2.24, 2.45) is 5.73 Å². The fraction of sp³-hybridized carbons (Fsp3) is 0.538. The van der Waals surface area contributed by atoms with Gasteiger partial charge in [0, 0.05) is 19.0 Å². The Bertz CT molecular complexity index is 907. The largest absolute Gasteiger partial charge is 0.444 e. The quantitative estimate of drug-likeness (QED) is 0.415. The molecule has 4 amide bonds. The average molecular weight is 489 g/mol. The number of hydrogen-bond donors (Lipinski definition) is 3. The molecule has 1 rings (SSSR count). The van der Waals surface area contributed by atoms with E-state index in [4.69, 9.17) is 10.5 Å². The van der Waals surface area contributed by atoms with E-state index in [0.29, 0.717) is 12.0 Å². The Morgan fingerprint density at radius 3 is 2.34 bits per heavy atom. The van der Waals surface area contributed by atoms with Gasteiger partial charge in [0.1, 0.15) is 17.7 Å². The van der Waals surface area contributed by atoms with Crippen molar-refractivity contribution in [1.82, 2.24) is 15.5 Å². The molecule has 194 valence electrons. The molecule has 1 aromatic rings. The maximum Gasteiger partial charge on any atom is 0.408 e. The van der Waals surface area contributed by atoms with Crippen LogP contribution in [0.2, 0.25) is 0 Å². The van der Waals surface area contributed by atoms with Crippen molar-refractivity contribution in [1.29, 1.82) is 0 Å². The second kappa shape index (κ2) is 13.5. The summed E-state index contributed by atoms with van der Waals surface area (Å²) in [4.78, 5) is 52.6. The van der Waals surface area contributed by atoms with Crippen molar-refractivity contribution in [2.45, 2.75) is 84.5 Å². The SMILES string of the molecule is C=Cc1cccc(C(C(=O)NC(C)C)N(CCC)C(=O)C(CCC(N)=O)NC(=O)OC(C)(C)C)c1. The number of alkyl carbamates (subject to hydrolysis) is 1. The summed E-state index contributed by atoms with van der Waals surface area (Å²) in [5, 5.41) is 5.46. The zero-order chi connectivity index (χ0) is 26.8. The molecule has 0 spiro atoms. The second-order valence-electron chi connectivity index (χ2n) is 9.68. The van der Waals surface area contributed by atoms with Crippen molar-refractivity contribution in [3.05, 3.63) is 42.0 Å². The zero-order valence-electron chi connectivity index (χ0n) is 21.7. The molecule has 2 unspecified atom stereocenters. The monoisotopic (exact) mass is 488 g/mol. The third kappa shape index (κ3) is 10.2.